The largest absolute Gasteiger partial charge is 0.378 e. The minimum Gasteiger partial charge on any atom is -0.378 e. The standard InChI is InChI=1S/C17H26N2O2/c1-17(2,11-14-6-4-3-5-7-14)13-19-16(20)10-15-12-21-9-8-18-15/h3-7,15,18H,8-13H2,1-2H3,(H,19,20). The SMILES string of the molecule is CC(C)(CNC(=O)CC1COCCN1)Cc1ccccc1. The van der Waals surface area contributed by atoms with Crippen molar-refractivity contribution >= 4 is 5.91 Å². The van der Waals surface area contributed by atoms with Crippen LogP contribution in [-0.2, 0) is 16.0 Å². The van der Waals surface area contributed by atoms with Crippen molar-refractivity contribution in [1.29, 1.82) is 0 Å². The van der Waals surface area contributed by atoms with E-state index >= 15 is 0 Å². The topological polar surface area (TPSA) is 50.4 Å². The molecule has 1 aromatic carbocycles. The highest BCUT2D eigenvalue weighted by Crippen LogP contribution is 2.20. The fourth-order valence-electron chi connectivity index (χ4n) is 2.60. The molecule has 0 spiro atoms. The Morgan fingerprint density at radius 2 is 2.14 bits per heavy atom. The Morgan fingerprint density at radius 1 is 1.38 bits per heavy atom. The van der Waals surface area contributed by atoms with Gasteiger partial charge < -0.3 is 15.4 Å². The molecule has 1 fully saturated rings. The highest BCUT2D eigenvalue weighted by atomic mass is 16.5. The zero-order chi connectivity index (χ0) is 15.1. The van der Waals surface area contributed by atoms with Gasteiger partial charge in [-0.2, -0.15) is 0 Å². The summed E-state index contributed by atoms with van der Waals surface area (Å²) in [6.45, 7) is 7.25. The maximum absolute atomic E-state index is 12.0. The molecule has 1 aliphatic heterocycles. The van der Waals surface area contributed by atoms with Crippen LogP contribution in [0, 0.1) is 5.41 Å². The highest BCUT2D eigenvalue weighted by molar-refractivity contribution is 5.76. The van der Waals surface area contributed by atoms with E-state index in [0.717, 1.165) is 19.6 Å². The maximum Gasteiger partial charge on any atom is 0.221 e. The van der Waals surface area contributed by atoms with Gasteiger partial charge in [-0.05, 0) is 17.4 Å². The van der Waals surface area contributed by atoms with Crippen LogP contribution >= 0.6 is 0 Å². The summed E-state index contributed by atoms with van der Waals surface area (Å²) in [5.74, 6) is 0.0964. The lowest BCUT2D eigenvalue weighted by atomic mass is 9.85. The Labute approximate surface area is 127 Å². The van der Waals surface area contributed by atoms with E-state index in [-0.39, 0.29) is 17.4 Å². The van der Waals surface area contributed by atoms with Crippen LogP contribution in [0.4, 0.5) is 0 Å². The zero-order valence-electron chi connectivity index (χ0n) is 13.0. The number of nitrogens with one attached hydrogen (secondary N) is 2. The third-order valence-electron chi connectivity index (χ3n) is 3.72. The Kier molecular flexibility index (Phi) is 5.76. The molecular weight excluding hydrogens is 264 g/mol. The van der Waals surface area contributed by atoms with Crippen molar-refractivity contribution in [1.82, 2.24) is 10.6 Å². The summed E-state index contributed by atoms with van der Waals surface area (Å²) in [6, 6.07) is 10.5. The molecule has 4 heteroatoms. The summed E-state index contributed by atoms with van der Waals surface area (Å²) in [4.78, 5) is 12.0. The first-order valence-corrected chi connectivity index (χ1v) is 7.67. The van der Waals surface area contributed by atoms with Crippen molar-refractivity contribution in [2.45, 2.75) is 32.7 Å². The number of morpholine rings is 1. The average molecular weight is 290 g/mol. The summed E-state index contributed by atoms with van der Waals surface area (Å²) >= 11 is 0. The maximum atomic E-state index is 12.0. The molecular formula is C17H26N2O2. The second-order valence-electron chi connectivity index (χ2n) is 6.53. The van der Waals surface area contributed by atoms with Crippen molar-refractivity contribution in [2.75, 3.05) is 26.3 Å². The van der Waals surface area contributed by atoms with Gasteiger partial charge in [0.2, 0.25) is 5.91 Å². The predicted molar refractivity (Wildman–Crippen MR) is 84.2 cm³/mol. The number of carbonyl (C=O) groups excluding carboxylic acids is 1. The number of benzene rings is 1. The average Bonchev–Trinajstić information content (AvgIpc) is 2.47. The monoisotopic (exact) mass is 290 g/mol. The number of rotatable bonds is 6. The number of carbonyl (C=O) groups is 1. The molecule has 0 bridgehead atoms. The highest BCUT2D eigenvalue weighted by Gasteiger charge is 2.21. The number of hydrogen-bond acceptors (Lipinski definition) is 3. The second kappa shape index (κ2) is 7.57. The molecule has 0 aromatic heterocycles. The van der Waals surface area contributed by atoms with Gasteiger partial charge in [0, 0.05) is 25.6 Å². The van der Waals surface area contributed by atoms with Crippen LogP contribution in [0.2, 0.25) is 0 Å². The van der Waals surface area contributed by atoms with Crippen LogP contribution in [0.1, 0.15) is 25.8 Å². The van der Waals surface area contributed by atoms with Crippen molar-refractivity contribution in [2.24, 2.45) is 5.41 Å². The van der Waals surface area contributed by atoms with Crippen LogP contribution in [0.25, 0.3) is 0 Å². The quantitative estimate of drug-likeness (QED) is 0.839. The Balaban J connectivity index is 1.74. The molecule has 2 N–H and O–H groups in total. The fourth-order valence-corrected chi connectivity index (χ4v) is 2.60. The van der Waals surface area contributed by atoms with Crippen molar-refractivity contribution in [3.8, 4) is 0 Å². The van der Waals surface area contributed by atoms with E-state index < -0.39 is 0 Å². The lowest BCUT2D eigenvalue weighted by Crippen LogP contribution is -2.45. The van der Waals surface area contributed by atoms with Gasteiger partial charge in [0.25, 0.3) is 0 Å². The van der Waals surface area contributed by atoms with E-state index in [1.54, 1.807) is 0 Å². The van der Waals surface area contributed by atoms with Crippen molar-refractivity contribution in [3.63, 3.8) is 0 Å². The molecule has 1 heterocycles. The van der Waals surface area contributed by atoms with Crippen LogP contribution in [0.3, 0.4) is 0 Å². The molecule has 116 valence electrons. The first-order chi connectivity index (χ1) is 10.1. The van der Waals surface area contributed by atoms with Crippen LogP contribution in [-0.4, -0.2) is 38.3 Å². The molecule has 1 aliphatic rings. The molecule has 0 aliphatic carbocycles. The molecule has 0 radical (unpaired) electrons. The molecule has 21 heavy (non-hydrogen) atoms. The van der Waals surface area contributed by atoms with Gasteiger partial charge in [0.15, 0.2) is 0 Å². The van der Waals surface area contributed by atoms with Gasteiger partial charge in [0.1, 0.15) is 0 Å². The van der Waals surface area contributed by atoms with Gasteiger partial charge in [0.05, 0.1) is 13.2 Å². The van der Waals surface area contributed by atoms with Gasteiger partial charge in [-0.3, -0.25) is 4.79 Å². The smallest absolute Gasteiger partial charge is 0.221 e. The first-order valence-electron chi connectivity index (χ1n) is 7.67. The lowest BCUT2D eigenvalue weighted by molar-refractivity contribution is -0.122. The molecule has 0 saturated carbocycles. The molecule has 1 atom stereocenters. The van der Waals surface area contributed by atoms with E-state index in [2.05, 4.69) is 48.7 Å². The third kappa shape index (κ3) is 5.86. The van der Waals surface area contributed by atoms with Gasteiger partial charge in [-0.15, -0.1) is 0 Å². The summed E-state index contributed by atoms with van der Waals surface area (Å²) in [5, 5.41) is 6.36. The van der Waals surface area contributed by atoms with E-state index in [1.165, 1.54) is 5.56 Å². The summed E-state index contributed by atoms with van der Waals surface area (Å²) in [7, 11) is 0. The first kappa shape index (κ1) is 16.0. The predicted octanol–water partition coefficient (Wildman–Crippen LogP) is 1.75. The van der Waals surface area contributed by atoms with E-state index in [9.17, 15) is 4.79 Å². The summed E-state index contributed by atoms with van der Waals surface area (Å²) in [6.07, 6.45) is 1.44. The van der Waals surface area contributed by atoms with Crippen LogP contribution in [0.15, 0.2) is 30.3 Å². The summed E-state index contributed by atoms with van der Waals surface area (Å²) < 4.78 is 5.36. The Hall–Kier alpha value is -1.39. The number of amides is 1. The fraction of sp³-hybridized carbons (Fsp3) is 0.588. The Morgan fingerprint density at radius 3 is 2.81 bits per heavy atom. The number of ether oxygens (including phenoxy) is 1. The lowest BCUT2D eigenvalue weighted by Gasteiger charge is -2.27. The van der Waals surface area contributed by atoms with Gasteiger partial charge in [-0.25, -0.2) is 0 Å². The van der Waals surface area contributed by atoms with E-state index in [0.29, 0.717) is 19.6 Å². The van der Waals surface area contributed by atoms with Crippen LogP contribution < -0.4 is 10.6 Å². The van der Waals surface area contributed by atoms with Gasteiger partial charge in [-0.1, -0.05) is 44.2 Å². The molecule has 1 saturated heterocycles. The molecule has 1 unspecified atom stereocenters. The molecule has 2 rings (SSSR count). The summed E-state index contributed by atoms with van der Waals surface area (Å²) in [5.41, 5.74) is 1.35. The van der Waals surface area contributed by atoms with Gasteiger partial charge >= 0.3 is 0 Å². The molecule has 1 amide bonds. The third-order valence-corrected chi connectivity index (χ3v) is 3.72. The Bertz CT molecular complexity index is 439. The molecule has 1 aromatic rings. The normalized spacial score (nSPS) is 19.2. The van der Waals surface area contributed by atoms with E-state index in [1.807, 2.05) is 6.07 Å². The van der Waals surface area contributed by atoms with Crippen molar-refractivity contribution in [3.05, 3.63) is 35.9 Å². The van der Waals surface area contributed by atoms with Crippen molar-refractivity contribution < 1.29 is 9.53 Å². The second-order valence-corrected chi connectivity index (χ2v) is 6.53. The van der Waals surface area contributed by atoms with E-state index in [4.69, 9.17) is 4.74 Å². The zero-order valence-corrected chi connectivity index (χ0v) is 13.0. The van der Waals surface area contributed by atoms with Crippen LogP contribution in [0.5, 0.6) is 0 Å². The molecule has 4 nitrogen and oxygen atoms in total. The minimum atomic E-state index is 0.0491. The minimum absolute atomic E-state index is 0.0491. The number of hydrogen-bond donors (Lipinski definition) is 2.